The second-order valence-corrected chi connectivity index (χ2v) is 5.26. The molecule has 5 heteroatoms. The molecule has 2 unspecified atom stereocenters. The predicted molar refractivity (Wildman–Crippen MR) is 82.7 cm³/mol. The maximum absolute atomic E-state index is 12.5. The van der Waals surface area contributed by atoms with Crippen LogP contribution in [0.15, 0.2) is 24.3 Å². The fourth-order valence-corrected chi connectivity index (χ4v) is 2.55. The minimum Gasteiger partial charge on any atom is -0.385 e. The molecule has 1 N–H and O–H groups in total. The van der Waals surface area contributed by atoms with Crippen molar-refractivity contribution in [3.63, 3.8) is 0 Å². The molecule has 1 fully saturated rings. The van der Waals surface area contributed by atoms with Gasteiger partial charge in [0.2, 0.25) is 0 Å². The summed E-state index contributed by atoms with van der Waals surface area (Å²) in [6, 6.07) is 7.62. The predicted octanol–water partition coefficient (Wildman–Crippen LogP) is 1.99. The first kappa shape index (κ1) is 15.8. The third-order valence-corrected chi connectivity index (χ3v) is 3.82. The number of amides is 1. The zero-order valence-corrected chi connectivity index (χ0v) is 13.0. The normalized spacial score (nSPS) is 21.6. The number of benzene rings is 1. The van der Waals surface area contributed by atoms with E-state index in [4.69, 9.17) is 9.47 Å². The fourth-order valence-electron chi connectivity index (χ4n) is 2.55. The lowest BCUT2D eigenvalue weighted by Gasteiger charge is -2.16. The summed E-state index contributed by atoms with van der Waals surface area (Å²) >= 11 is 0. The van der Waals surface area contributed by atoms with E-state index in [1.807, 2.05) is 24.3 Å². The standard InChI is InChI=1S/C16H24N2O3/c1-4-9-17-13-7-5-12(6-8-13)16(19)18-10-14(20-2)15(11-18)21-3/h5-8,14-15,17H,4,9-11H2,1-3H3. The summed E-state index contributed by atoms with van der Waals surface area (Å²) in [5.74, 6) is 0.0265. The summed E-state index contributed by atoms with van der Waals surface area (Å²) in [5, 5.41) is 3.30. The van der Waals surface area contributed by atoms with Crippen molar-refractivity contribution in [1.82, 2.24) is 4.90 Å². The van der Waals surface area contributed by atoms with E-state index in [0.29, 0.717) is 18.7 Å². The Balaban J connectivity index is 2.00. The van der Waals surface area contributed by atoms with E-state index >= 15 is 0 Å². The van der Waals surface area contributed by atoms with Crippen molar-refractivity contribution in [1.29, 1.82) is 0 Å². The van der Waals surface area contributed by atoms with Crippen molar-refractivity contribution in [2.24, 2.45) is 0 Å². The number of likely N-dealkylation sites (tertiary alicyclic amines) is 1. The number of carbonyl (C=O) groups excluding carboxylic acids is 1. The first-order valence-corrected chi connectivity index (χ1v) is 7.38. The van der Waals surface area contributed by atoms with Crippen LogP contribution >= 0.6 is 0 Å². The van der Waals surface area contributed by atoms with Gasteiger partial charge in [0.1, 0.15) is 12.2 Å². The van der Waals surface area contributed by atoms with Crippen LogP contribution in [0.1, 0.15) is 23.7 Å². The van der Waals surface area contributed by atoms with Crippen molar-refractivity contribution >= 4 is 11.6 Å². The number of nitrogens with zero attached hydrogens (tertiary/aromatic N) is 1. The highest BCUT2D eigenvalue weighted by Gasteiger charge is 2.35. The number of hydrogen-bond acceptors (Lipinski definition) is 4. The summed E-state index contributed by atoms with van der Waals surface area (Å²) in [7, 11) is 3.30. The van der Waals surface area contributed by atoms with Gasteiger partial charge >= 0.3 is 0 Å². The van der Waals surface area contributed by atoms with Crippen LogP contribution in [0.4, 0.5) is 5.69 Å². The summed E-state index contributed by atoms with van der Waals surface area (Å²) in [6.07, 6.45) is 0.972. The third kappa shape index (κ3) is 3.74. The van der Waals surface area contributed by atoms with E-state index in [9.17, 15) is 4.79 Å². The molecule has 1 aliphatic rings. The van der Waals surface area contributed by atoms with E-state index < -0.39 is 0 Å². The average molecular weight is 292 g/mol. The van der Waals surface area contributed by atoms with Crippen LogP contribution in [0.3, 0.4) is 0 Å². The summed E-state index contributed by atoms with van der Waals surface area (Å²) < 4.78 is 10.7. The van der Waals surface area contributed by atoms with Crippen LogP contribution in [-0.4, -0.2) is 56.9 Å². The van der Waals surface area contributed by atoms with E-state index in [0.717, 1.165) is 18.7 Å². The van der Waals surface area contributed by atoms with Gasteiger partial charge in [-0.25, -0.2) is 0 Å². The van der Waals surface area contributed by atoms with Crippen molar-refractivity contribution in [2.45, 2.75) is 25.6 Å². The zero-order valence-electron chi connectivity index (χ0n) is 13.0. The highest BCUT2D eigenvalue weighted by Crippen LogP contribution is 2.19. The number of carbonyl (C=O) groups is 1. The monoisotopic (exact) mass is 292 g/mol. The van der Waals surface area contributed by atoms with Crippen LogP contribution in [0.5, 0.6) is 0 Å². The lowest BCUT2D eigenvalue weighted by Crippen LogP contribution is -2.30. The van der Waals surface area contributed by atoms with Gasteiger partial charge in [-0.05, 0) is 30.7 Å². The number of methoxy groups -OCH3 is 2. The molecule has 21 heavy (non-hydrogen) atoms. The van der Waals surface area contributed by atoms with Gasteiger partial charge in [0.15, 0.2) is 0 Å². The fraction of sp³-hybridized carbons (Fsp3) is 0.562. The largest absolute Gasteiger partial charge is 0.385 e. The Bertz CT molecular complexity index is 449. The van der Waals surface area contributed by atoms with Gasteiger partial charge in [-0.1, -0.05) is 6.92 Å². The topological polar surface area (TPSA) is 50.8 Å². The smallest absolute Gasteiger partial charge is 0.254 e. The molecule has 0 aromatic heterocycles. The van der Waals surface area contributed by atoms with E-state index in [1.54, 1.807) is 19.1 Å². The molecule has 0 radical (unpaired) electrons. The van der Waals surface area contributed by atoms with E-state index in [1.165, 1.54) is 0 Å². The molecular formula is C16H24N2O3. The minimum atomic E-state index is -0.0514. The molecule has 1 amide bonds. The highest BCUT2D eigenvalue weighted by molar-refractivity contribution is 5.94. The Morgan fingerprint density at radius 3 is 2.24 bits per heavy atom. The van der Waals surface area contributed by atoms with Gasteiger partial charge in [0.05, 0.1) is 0 Å². The van der Waals surface area contributed by atoms with Crippen molar-refractivity contribution in [2.75, 3.05) is 39.2 Å². The molecule has 2 atom stereocenters. The number of anilines is 1. The zero-order chi connectivity index (χ0) is 15.2. The molecule has 1 aromatic rings. The quantitative estimate of drug-likeness (QED) is 0.871. The Morgan fingerprint density at radius 1 is 1.19 bits per heavy atom. The Labute approximate surface area is 126 Å². The molecule has 0 bridgehead atoms. The van der Waals surface area contributed by atoms with Crippen molar-refractivity contribution in [3.8, 4) is 0 Å². The average Bonchev–Trinajstić information content (AvgIpc) is 2.96. The van der Waals surface area contributed by atoms with Gasteiger partial charge in [-0.2, -0.15) is 0 Å². The lowest BCUT2D eigenvalue weighted by atomic mass is 10.2. The van der Waals surface area contributed by atoms with Gasteiger partial charge in [-0.3, -0.25) is 4.79 Å². The molecule has 1 aromatic carbocycles. The van der Waals surface area contributed by atoms with Gasteiger partial charge in [0.25, 0.3) is 5.91 Å². The molecule has 0 spiro atoms. The molecular weight excluding hydrogens is 268 g/mol. The molecule has 116 valence electrons. The van der Waals surface area contributed by atoms with Crippen molar-refractivity contribution in [3.05, 3.63) is 29.8 Å². The SMILES string of the molecule is CCCNc1ccc(C(=O)N2CC(OC)C(OC)C2)cc1. The lowest BCUT2D eigenvalue weighted by molar-refractivity contribution is -0.00461. The third-order valence-electron chi connectivity index (χ3n) is 3.82. The summed E-state index contributed by atoms with van der Waals surface area (Å²) in [4.78, 5) is 14.3. The van der Waals surface area contributed by atoms with E-state index in [-0.39, 0.29) is 18.1 Å². The minimum absolute atomic E-state index is 0.0265. The van der Waals surface area contributed by atoms with Crippen LogP contribution < -0.4 is 5.32 Å². The van der Waals surface area contributed by atoms with Crippen LogP contribution in [-0.2, 0) is 9.47 Å². The molecule has 0 aliphatic carbocycles. The summed E-state index contributed by atoms with van der Waals surface area (Å²) in [6.45, 7) is 4.20. The number of ether oxygens (including phenoxy) is 2. The molecule has 2 rings (SSSR count). The molecule has 1 saturated heterocycles. The van der Waals surface area contributed by atoms with Crippen LogP contribution in [0.2, 0.25) is 0 Å². The number of rotatable bonds is 6. The van der Waals surface area contributed by atoms with Gasteiger partial charge in [-0.15, -0.1) is 0 Å². The molecule has 5 nitrogen and oxygen atoms in total. The first-order chi connectivity index (χ1) is 10.2. The second-order valence-electron chi connectivity index (χ2n) is 5.26. The van der Waals surface area contributed by atoms with Gasteiger partial charge < -0.3 is 19.7 Å². The Kier molecular flexibility index (Phi) is 5.59. The highest BCUT2D eigenvalue weighted by atomic mass is 16.5. The first-order valence-electron chi connectivity index (χ1n) is 7.38. The van der Waals surface area contributed by atoms with Crippen molar-refractivity contribution < 1.29 is 14.3 Å². The number of hydrogen-bond donors (Lipinski definition) is 1. The Morgan fingerprint density at radius 2 is 1.76 bits per heavy atom. The maximum Gasteiger partial charge on any atom is 0.254 e. The Hall–Kier alpha value is -1.59. The van der Waals surface area contributed by atoms with E-state index in [2.05, 4.69) is 12.2 Å². The van der Waals surface area contributed by atoms with Crippen LogP contribution in [0, 0.1) is 0 Å². The molecule has 0 saturated carbocycles. The second kappa shape index (κ2) is 7.43. The molecule has 1 aliphatic heterocycles. The molecule has 1 heterocycles. The maximum atomic E-state index is 12.5. The van der Waals surface area contributed by atoms with Gasteiger partial charge in [0, 0.05) is 45.1 Å². The number of nitrogens with one attached hydrogen (secondary N) is 1. The summed E-state index contributed by atoms with van der Waals surface area (Å²) in [5.41, 5.74) is 1.74. The van der Waals surface area contributed by atoms with Crippen LogP contribution in [0.25, 0.3) is 0 Å².